The van der Waals surface area contributed by atoms with E-state index in [-0.39, 0.29) is 0 Å². The van der Waals surface area contributed by atoms with E-state index in [1.54, 1.807) is 6.20 Å². The number of hydrogen-bond acceptors (Lipinski definition) is 3. The molecule has 1 unspecified atom stereocenters. The summed E-state index contributed by atoms with van der Waals surface area (Å²) < 4.78 is 1.01. The molecule has 0 saturated heterocycles. The monoisotopic (exact) mass is 333 g/mol. The minimum absolute atomic E-state index is 0.310. The van der Waals surface area contributed by atoms with Crippen molar-refractivity contribution in [2.75, 3.05) is 20.6 Å². The summed E-state index contributed by atoms with van der Waals surface area (Å²) >= 11 is 3.46. The van der Waals surface area contributed by atoms with E-state index in [0.29, 0.717) is 6.04 Å². The zero-order chi connectivity index (χ0) is 14.4. The second kappa shape index (κ2) is 7.53. The van der Waals surface area contributed by atoms with Crippen LogP contribution < -0.4 is 5.32 Å². The van der Waals surface area contributed by atoms with Crippen molar-refractivity contribution in [1.82, 2.24) is 15.2 Å². The van der Waals surface area contributed by atoms with Gasteiger partial charge in [-0.25, -0.2) is 0 Å². The predicted molar refractivity (Wildman–Crippen MR) is 86.5 cm³/mol. The average molecular weight is 334 g/mol. The third-order valence-corrected chi connectivity index (χ3v) is 3.50. The largest absolute Gasteiger partial charge is 0.308 e. The molecule has 3 nitrogen and oxygen atoms in total. The van der Waals surface area contributed by atoms with Gasteiger partial charge in [0.05, 0.1) is 0 Å². The van der Waals surface area contributed by atoms with Crippen molar-refractivity contribution < 1.29 is 0 Å². The lowest BCUT2D eigenvalue weighted by Gasteiger charge is -2.23. The zero-order valence-electron chi connectivity index (χ0n) is 11.9. The van der Waals surface area contributed by atoms with Gasteiger partial charge in [0.1, 0.15) is 0 Å². The number of rotatable bonds is 6. The number of likely N-dealkylation sites (N-methyl/N-ethyl adjacent to an activating group) is 1. The third kappa shape index (κ3) is 4.71. The Balaban J connectivity index is 2.05. The van der Waals surface area contributed by atoms with E-state index in [4.69, 9.17) is 0 Å². The summed E-state index contributed by atoms with van der Waals surface area (Å²) in [6.07, 6.45) is 3.70. The van der Waals surface area contributed by atoms with E-state index in [9.17, 15) is 0 Å². The number of nitrogens with zero attached hydrogens (tertiary/aromatic N) is 2. The molecule has 1 aromatic carbocycles. The van der Waals surface area contributed by atoms with Crippen molar-refractivity contribution in [3.05, 3.63) is 64.4 Å². The minimum atomic E-state index is 0.310. The summed E-state index contributed by atoms with van der Waals surface area (Å²) in [7, 11) is 4.19. The van der Waals surface area contributed by atoms with Crippen LogP contribution in [0.3, 0.4) is 0 Å². The summed E-state index contributed by atoms with van der Waals surface area (Å²) in [5, 5.41) is 3.61. The lowest BCUT2D eigenvalue weighted by atomic mass is 10.1. The first-order valence-electron chi connectivity index (χ1n) is 6.67. The first-order chi connectivity index (χ1) is 9.65. The molecule has 0 aliphatic heterocycles. The molecule has 2 rings (SSSR count). The van der Waals surface area contributed by atoms with Crippen LogP contribution in [-0.2, 0) is 6.54 Å². The predicted octanol–water partition coefficient (Wildman–Crippen LogP) is 3.24. The number of aromatic nitrogens is 1. The molecule has 106 valence electrons. The molecule has 0 amide bonds. The van der Waals surface area contributed by atoms with E-state index < -0.39 is 0 Å². The van der Waals surface area contributed by atoms with Crippen molar-refractivity contribution >= 4 is 15.9 Å². The molecule has 1 aromatic heterocycles. The van der Waals surface area contributed by atoms with Gasteiger partial charge in [-0.2, -0.15) is 0 Å². The molecule has 1 heterocycles. The maximum Gasteiger partial charge on any atom is 0.0451 e. The maximum absolute atomic E-state index is 4.20. The van der Waals surface area contributed by atoms with E-state index >= 15 is 0 Å². The number of halogens is 1. The van der Waals surface area contributed by atoms with Gasteiger partial charge in [-0.05, 0) is 47.2 Å². The number of benzene rings is 1. The first kappa shape index (κ1) is 15.2. The normalized spacial score (nSPS) is 12.6. The molecular formula is C16H20BrN3. The van der Waals surface area contributed by atoms with Gasteiger partial charge < -0.3 is 10.2 Å². The van der Waals surface area contributed by atoms with E-state index in [1.807, 2.05) is 6.20 Å². The summed E-state index contributed by atoms with van der Waals surface area (Å²) in [4.78, 5) is 6.40. The first-order valence-corrected chi connectivity index (χ1v) is 7.47. The van der Waals surface area contributed by atoms with Gasteiger partial charge >= 0.3 is 0 Å². The fraction of sp³-hybridized carbons (Fsp3) is 0.312. The molecule has 1 N–H and O–H groups in total. The molecule has 4 heteroatoms. The lowest BCUT2D eigenvalue weighted by molar-refractivity contribution is 0.340. The zero-order valence-corrected chi connectivity index (χ0v) is 13.5. The Hall–Kier alpha value is -1.23. The number of nitrogens with one attached hydrogen (secondary N) is 1. The lowest BCUT2D eigenvalue weighted by Crippen LogP contribution is -2.30. The SMILES string of the molecule is CN(C)CC(NCc1cncc(Br)c1)c1ccccc1. The van der Waals surface area contributed by atoms with Crippen LogP contribution >= 0.6 is 15.9 Å². The second-order valence-electron chi connectivity index (χ2n) is 5.12. The van der Waals surface area contributed by atoms with E-state index in [1.165, 1.54) is 11.1 Å². The van der Waals surface area contributed by atoms with Gasteiger partial charge in [0.25, 0.3) is 0 Å². The highest BCUT2D eigenvalue weighted by atomic mass is 79.9. The minimum Gasteiger partial charge on any atom is -0.308 e. The molecule has 0 bridgehead atoms. The molecule has 2 aromatic rings. The molecule has 0 aliphatic rings. The third-order valence-electron chi connectivity index (χ3n) is 3.06. The summed E-state index contributed by atoms with van der Waals surface area (Å²) in [5.41, 5.74) is 2.49. The standard InChI is InChI=1S/C16H20BrN3/c1-20(2)12-16(14-6-4-3-5-7-14)19-10-13-8-15(17)11-18-9-13/h3-9,11,16,19H,10,12H2,1-2H3. The Morgan fingerprint density at radius 1 is 1.20 bits per heavy atom. The smallest absolute Gasteiger partial charge is 0.0451 e. The van der Waals surface area contributed by atoms with Gasteiger partial charge in [0, 0.05) is 36.0 Å². The van der Waals surface area contributed by atoms with E-state index in [2.05, 4.69) is 81.6 Å². The van der Waals surface area contributed by atoms with Crippen LogP contribution in [0.5, 0.6) is 0 Å². The van der Waals surface area contributed by atoms with Gasteiger partial charge in [0.2, 0.25) is 0 Å². The van der Waals surface area contributed by atoms with Gasteiger partial charge in [-0.3, -0.25) is 4.98 Å². The van der Waals surface area contributed by atoms with Crippen LogP contribution in [0.15, 0.2) is 53.3 Å². The fourth-order valence-electron chi connectivity index (χ4n) is 2.13. The van der Waals surface area contributed by atoms with Crippen molar-refractivity contribution in [1.29, 1.82) is 0 Å². The summed E-state index contributed by atoms with van der Waals surface area (Å²) in [5.74, 6) is 0. The molecule has 0 spiro atoms. The Morgan fingerprint density at radius 3 is 2.60 bits per heavy atom. The Morgan fingerprint density at radius 2 is 1.95 bits per heavy atom. The van der Waals surface area contributed by atoms with Crippen molar-refractivity contribution in [3.63, 3.8) is 0 Å². The summed E-state index contributed by atoms with van der Waals surface area (Å²) in [6.45, 7) is 1.77. The van der Waals surface area contributed by atoms with Crippen LogP contribution in [0.4, 0.5) is 0 Å². The molecule has 20 heavy (non-hydrogen) atoms. The van der Waals surface area contributed by atoms with Crippen LogP contribution in [0.25, 0.3) is 0 Å². The molecule has 0 fully saturated rings. The van der Waals surface area contributed by atoms with Gasteiger partial charge in [0.15, 0.2) is 0 Å². The van der Waals surface area contributed by atoms with Crippen LogP contribution in [0, 0.1) is 0 Å². The van der Waals surface area contributed by atoms with Gasteiger partial charge in [-0.1, -0.05) is 30.3 Å². The number of pyridine rings is 1. The number of hydrogen-bond donors (Lipinski definition) is 1. The fourth-order valence-corrected chi connectivity index (χ4v) is 2.54. The van der Waals surface area contributed by atoms with Gasteiger partial charge in [-0.15, -0.1) is 0 Å². The molecule has 1 atom stereocenters. The van der Waals surface area contributed by atoms with Crippen molar-refractivity contribution in [2.24, 2.45) is 0 Å². The Kier molecular flexibility index (Phi) is 5.71. The molecule has 0 radical (unpaired) electrons. The topological polar surface area (TPSA) is 28.2 Å². The second-order valence-corrected chi connectivity index (χ2v) is 6.03. The summed E-state index contributed by atoms with van der Waals surface area (Å²) in [6, 6.07) is 13.0. The van der Waals surface area contributed by atoms with E-state index in [0.717, 1.165) is 17.6 Å². The maximum atomic E-state index is 4.20. The van der Waals surface area contributed by atoms with Crippen LogP contribution in [0.1, 0.15) is 17.2 Å². The molecule has 0 saturated carbocycles. The molecule has 0 aliphatic carbocycles. The highest BCUT2D eigenvalue weighted by Gasteiger charge is 2.11. The molecular weight excluding hydrogens is 314 g/mol. The van der Waals surface area contributed by atoms with Crippen LogP contribution in [-0.4, -0.2) is 30.5 Å². The van der Waals surface area contributed by atoms with Crippen molar-refractivity contribution in [2.45, 2.75) is 12.6 Å². The Bertz CT molecular complexity index is 528. The highest BCUT2D eigenvalue weighted by Crippen LogP contribution is 2.15. The highest BCUT2D eigenvalue weighted by molar-refractivity contribution is 9.10. The quantitative estimate of drug-likeness (QED) is 0.879. The Labute approximate surface area is 129 Å². The van der Waals surface area contributed by atoms with Crippen LogP contribution in [0.2, 0.25) is 0 Å². The van der Waals surface area contributed by atoms with Crippen molar-refractivity contribution in [3.8, 4) is 0 Å². The average Bonchev–Trinajstić information content (AvgIpc) is 2.44.